The zero-order chi connectivity index (χ0) is 19.1. The molecule has 1 aliphatic rings. The van der Waals surface area contributed by atoms with Crippen LogP contribution in [0.5, 0.6) is 0 Å². The molecule has 2 aromatic heterocycles. The average Bonchev–Trinajstić information content (AvgIpc) is 3.37. The minimum Gasteiger partial charge on any atom is -0.364 e. The number of nitrogens with one attached hydrogen (secondary N) is 2. The van der Waals surface area contributed by atoms with Crippen molar-refractivity contribution in [1.29, 1.82) is 0 Å². The number of thiophene rings is 1. The summed E-state index contributed by atoms with van der Waals surface area (Å²) in [7, 11) is -1.69. The Morgan fingerprint density at radius 2 is 2.11 bits per heavy atom. The Hall–Kier alpha value is -1.95. The van der Waals surface area contributed by atoms with Gasteiger partial charge in [-0.25, -0.2) is 13.1 Å². The fourth-order valence-corrected chi connectivity index (χ4v) is 4.91. The van der Waals surface area contributed by atoms with E-state index in [0.717, 1.165) is 44.4 Å². The van der Waals surface area contributed by atoms with Crippen LogP contribution in [0, 0.1) is 0 Å². The molecule has 0 radical (unpaired) electrons. The molecule has 27 heavy (non-hydrogen) atoms. The van der Waals surface area contributed by atoms with Gasteiger partial charge < -0.3 is 14.7 Å². The first kappa shape index (κ1) is 19.8. The van der Waals surface area contributed by atoms with Crippen LogP contribution < -0.4 is 10.0 Å². The van der Waals surface area contributed by atoms with Crippen molar-refractivity contribution in [1.82, 2.24) is 25.0 Å². The third kappa shape index (κ3) is 5.51. The van der Waals surface area contributed by atoms with Crippen molar-refractivity contribution >= 4 is 27.3 Å². The summed E-state index contributed by atoms with van der Waals surface area (Å²) in [5.74, 6) is 0.784. The first-order valence-corrected chi connectivity index (χ1v) is 11.0. The van der Waals surface area contributed by atoms with Crippen molar-refractivity contribution in [3.63, 3.8) is 0 Å². The van der Waals surface area contributed by atoms with E-state index >= 15 is 0 Å². The number of hydrogen-bond acceptors (Lipinski definition) is 7. The first-order chi connectivity index (χ1) is 13.1. The molecule has 0 saturated carbocycles. The maximum atomic E-state index is 12.1. The van der Waals surface area contributed by atoms with Gasteiger partial charge in [0.2, 0.25) is 10.0 Å². The highest BCUT2D eigenvalue weighted by Crippen LogP contribution is 2.14. The van der Waals surface area contributed by atoms with Crippen LogP contribution >= 0.6 is 11.3 Å². The van der Waals surface area contributed by atoms with E-state index in [9.17, 15) is 8.42 Å². The number of piperazine rings is 1. The minimum atomic E-state index is -3.42. The molecule has 1 saturated heterocycles. The van der Waals surface area contributed by atoms with Gasteiger partial charge in [-0.3, -0.25) is 9.89 Å². The number of nitrogens with zero attached hydrogens (tertiary/aromatic N) is 4. The monoisotopic (exact) mass is 412 g/mol. The summed E-state index contributed by atoms with van der Waals surface area (Å²) in [6.45, 7) is 5.04. The third-order valence-electron chi connectivity index (χ3n) is 4.22. The molecule has 3 heterocycles. The molecule has 11 heteroatoms. The van der Waals surface area contributed by atoms with Crippen molar-refractivity contribution in [2.75, 3.05) is 46.3 Å². The van der Waals surface area contributed by atoms with Crippen molar-refractivity contribution in [3.8, 4) is 0 Å². The lowest BCUT2D eigenvalue weighted by Crippen LogP contribution is -2.53. The number of aliphatic imine (C=N–C) groups is 1. The highest BCUT2D eigenvalue weighted by molar-refractivity contribution is 7.91. The molecule has 0 amide bonds. The van der Waals surface area contributed by atoms with E-state index in [-0.39, 0.29) is 0 Å². The van der Waals surface area contributed by atoms with Crippen LogP contribution in [0.2, 0.25) is 0 Å². The zero-order valence-electron chi connectivity index (χ0n) is 15.2. The van der Waals surface area contributed by atoms with Gasteiger partial charge in [0.15, 0.2) is 5.96 Å². The quantitative estimate of drug-likeness (QED) is 0.386. The molecule has 0 unspecified atom stereocenters. The standard InChI is InChI=1S/C16H24N6O3S2/c1-17-16(18-5-6-19-27(23,24)15-3-2-12-26-15)22-9-7-21(8-10-22)13-14-4-11-25-20-14/h2-4,11-12,19H,5-10,13H2,1H3,(H,17,18). The van der Waals surface area contributed by atoms with Crippen LogP contribution in [-0.4, -0.2) is 75.7 Å². The lowest BCUT2D eigenvalue weighted by Gasteiger charge is -2.36. The van der Waals surface area contributed by atoms with Crippen molar-refractivity contribution in [3.05, 3.63) is 35.5 Å². The van der Waals surface area contributed by atoms with E-state index < -0.39 is 10.0 Å². The van der Waals surface area contributed by atoms with Crippen LogP contribution in [0.1, 0.15) is 5.69 Å². The van der Waals surface area contributed by atoms with E-state index in [1.165, 1.54) is 11.3 Å². The molecule has 2 aromatic rings. The second kappa shape index (κ2) is 9.31. The Labute approximate surface area is 163 Å². The summed E-state index contributed by atoms with van der Waals surface area (Å²) in [4.78, 5) is 8.80. The maximum Gasteiger partial charge on any atom is 0.250 e. The summed E-state index contributed by atoms with van der Waals surface area (Å²) in [6.07, 6.45) is 1.59. The van der Waals surface area contributed by atoms with Gasteiger partial charge in [-0.05, 0) is 11.4 Å². The number of hydrogen-bond donors (Lipinski definition) is 2. The van der Waals surface area contributed by atoms with Gasteiger partial charge in [-0.15, -0.1) is 11.3 Å². The third-order valence-corrected chi connectivity index (χ3v) is 7.08. The Bertz CT molecular complexity index is 812. The molecule has 3 rings (SSSR count). The average molecular weight is 413 g/mol. The molecule has 0 aliphatic carbocycles. The summed E-state index contributed by atoms with van der Waals surface area (Å²) in [5, 5.41) is 8.92. The predicted octanol–water partition coefficient (Wildman–Crippen LogP) is 0.408. The lowest BCUT2D eigenvalue weighted by molar-refractivity contribution is 0.169. The van der Waals surface area contributed by atoms with Crippen molar-refractivity contribution in [2.45, 2.75) is 10.8 Å². The smallest absolute Gasteiger partial charge is 0.250 e. The number of rotatable bonds is 7. The Kier molecular flexibility index (Phi) is 6.83. The molecule has 0 aromatic carbocycles. The van der Waals surface area contributed by atoms with E-state index in [4.69, 9.17) is 4.52 Å². The fraction of sp³-hybridized carbons (Fsp3) is 0.500. The van der Waals surface area contributed by atoms with E-state index in [1.807, 2.05) is 6.07 Å². The first-order valence-electron chi connectivity index (χ1n) is 8.69. The molecular weight excluding hydrogens is 388 g/mol. The zero-order valence-corrected chi connectivity index (χ0v) is 16.8. The lowest BCUT2D eigenvalue weighted by atomic mass is 10.3. The van der Waals surface area contributed by atoms with Crippen molar-refractivity contribution in [2.24, 2.45) is 4.99 Å². The predicted molar refractivity (Wildman–Crippen MR) is 104 cm³/mol. The molecule has 0 bridgehead atoms. The highest BCUT2D eigenvalue weighted by atomic mass is 32.2. The normalized spacial score (nSPS) is 16.6. The number of sulfonamides is 1. The second-order valence-electron chi connectivity index (χ2n) is 6.06. The van der Waals surface area contributed by atoms with Gasteiger partial charge >= 0.3 is 0 Å². The molecule has 1 fully saturated rings. The second-order valence-corrected chi connectivity index (χ2v) is 9.00. The van der Waals surface area contributed by atoms with Crippen LogP contribution in [-0.2, 0) is 16.6 Å². The van der Waals surface area contributed by atoms with Gasteiger partial charge in [0, 0.05) is 58.9 Å². The molecule has 0 atom stereocenters. The Morgan fingerprint density at radius 3 is 2.74 bits per heavy atom. The van der Waals surface area contributed by atoms with E-state index in [1.54, 1.807) is 30.8 Å². The minimum absolute atomic E-state index is 0.297. The van der Waals surface area contributed by atoms with Crippen LogP contribution in [0.3, 0.4) is 0 Å². The van der Waals surface area contributed by atoms with E-state index in [0.29, 0.717) is 17.3 Å². The molecule has 0 spiro atoms. The van der Waals surface area contributed by atoms with Crippen molar-refractivity contribution < 1.29 is 12.9 Å². The summed E-state index contributed by atoms with van der Waals surface area (Å²) in [6, 6.07) is 5.20. The largest absolute Gasteiger partial charge is 0.364 e. The fourth-order valence-electron chi connectivity index (χ4n) is 2.85. The molecule has 148 valence electrons. The number of aromatic nitrogens is 1. The maximum absolute atomic E-state index is 12.1. The molecule has 1 aliphatic heterocycles. The van der Waals surface area contributed by atoms with Gasteiger partial charge in [0.1, 0.15) is 10.5 Å². The van der Waals surface area contributed by atoms with Gasteiger partial charge in [-0.2, -0.15) is 0 Å². The van der Waals surface area contributed by atoms with Gasteiger partial charge in [0.25, 0.3) is 0 Å². The van der Waals surface area contributed by atoms with Crippen LogP contribution in [0.4, 0.5) is 0 Å². The SMILES string of the molecule is CN=C(NCCNS(=O)(=O)c1cccs1)N1CCN(Cc2ccon2)CC1. The molecule has 2 N–H and O–H groups in total. The number of guanidine groups is 1. The highest BCUT2D eigenvalue weighted by Gasteiger charge is 2.20. The van der Waals surface area contributed by atoms with Crippen LogP contribution in [0.15, 0.2) is 43.6 Å². The summed E-state index contributed by atoms with van der Waals surface area (Å²) < 4.78 is 32.0. The molecular formula is C16H24N6O3S2. The van der Waals surface area contributed by atoms with E-state index in [2.05, 4.69) is 30.0 Å². The van der Waals surface area contributed by atoms with Gasteiger partial charge in [-0.1, -0.05) is 11.2 Å². The van der Waals surface area contributed by atoms with Gasteiger partial charge in [0.05, 0.1) is 5.69 Å². The van der Waals surface area contributed by atoms with Crippen LogP contribution in [0.25, 0.3) is 0 Å². The summed E-state index contributed by atoms with van der Waals surface area (Å²) in [5.41, 5.74) is 0.934. The molecule has 9 nitrogen and oxygen atoms in total. The topological polar surface area (TPSA) is 103 Å². The Balaban J connectivity index is 1.39. The Morgan fingerprint density at radius 1 is 1.30 bits per heavy atom. The summed E-state index contributed by atoms with van der Waals surface area (Å²) >= 11 is 1.20.